The van der Waals surface area contributed by atoms with Crippen molar-refractivity contribution in [2.75, 3.05) is 13.1 Å². The average Bonchev–Trinajstić information content (AvgIpc) is 3.09. The van der Waals surface area contributed by atoms with Crippen molar-refractivity contribution in [1.29, 1.82) is 0 Å². The zero-order valence-electron chi connectivity index (χ0n) is 14.7. The van der Waals surface area contributed by atoms with Gasteiger partial charge in [0.05, 0.1) is 6.54 Å². The highest BCUT2D eigenvalue weighted by molar-refractivity contribution is 5.68. The van der Waals surface area contributed by atoms with Crippen LogP contribution in [0.15, 0.2) is 48.7 Å². The number of rotatable bonds is 5. The summed E-state index contributed by atoms with van der Waals surface area (Å²) in [6, 6.07) is 13.6. The van der Waals surface area contributed by atoms with Gasteiger partial charge in [0.2, 0.25) is 5.88 Å². The van der Waals surface area contributed by atoms with Crippen molar-refractivity contribution in [2.45, 2.75) is 38.9 Å². The second-order valence-corrected chi connectivity index (χ2v) is 6.57. The Bertz CT molecular complexity index is 703. The Kier molecular flexibility index (Phi) is 5.53. The molecule has 0 aliphatic carbocycles. The number of aromatic nitrogens is 1. The Hall–Kier alpha value is -2.56. The molecule has 2 aromatic rings. The van der Waals surface area contributed by atoms with Crippen LogP contribution >= 0.6 is 0 Å². The number of ether oxygens (including phenoxy) is 2. The highest BCUT2D eigenvalue weighted by atomic mass is 16.6. The minimum atomic E-state index is -0.292. The highest BCUT2D eigenvalue weighted by Gasteiger charge is 2.29. The molecule has 1 fully saturated rings. The molecule has 1 saturated heterocycles. The van der Waals surface area contributed by atoms with Crippen LogP contribution in [0.25, 0.3) is 0 Å². The average molecular weight is 340 g/mol. The summed E-state index contributed by atoms with van der Waals surface area (Å²) in [5.41, 5.74) is 2.07. The molecule has 1 aromatic heterocycles. The zero-order valence-corrected chi connectivity index (χ0v) is 14.7. The highest BCUT2D eigenvalue weighted by Crippen LogP contribution is 2.26. The molecule has 1 unspecified atom stereocenters. The van der Waals surface area contributed by atoms with Gasteiger partial charge in [-0.25, -0.2) is 9.78 Å². The van der Waals surface area contributed by atoms with Gasteiger partial charge in [0, 0.05) is 24.7 Å². The standard InChI is InChI=1S/C20H24N2O3/c1-15(2)18-9-6-11-21-19(18)25-17-10-12-22(13-17)20(23)24-14-16-7-4-3-5-8-16/h3-9,11,15,17H,10,12-14H2,1-2H3. The minimum absolute atomic E-state index is 0.0447. The van der Waals surface area contributed by atoms with Crippen LogP contribution in [0.3, 0.4) is 0 Å². The van der Waals surface area contributed by atoms with Crippen molar-refractivity contribution in [2.24, 2.45) is 0 Å². The lowest BCUT2D eigenvalue weighted by atomic mass is 10.1. The van der Waals surface area contributed by atoms with Crippen molar-refractivity contribution in [3.8, 4) is 5.88 Å². The first-order valence-electron chi connectivity index (χ1n) is 8.70. The van der Waals surface area contributed by atoms with Gasteiger partial charge in [-0.1, -0.05) is 50.2 Å². The molecule has 132 valence electrons. The molecule has 0 N–H and O–H groups in total. The third-order valence-electron chi connectivity index (χ3n) is 4.31. The lowest BCUT2D eigenvalue weighted by Crippen LogP contribution is -2.31. The Balaban J connectivity index is 1.52. The van der Waals surface area contributed by atoms with Gasteiger partial charge in [0.25, 0.3) is 0 Å². The summed E-state index contributed by atoms with van der Waals surface area (Å²) in [5, 5.41) is 0. The molecule has 0 radical (unpaired) electrons. The molecular weight excluding hydrogens is 316 g/mol. The molecule has 1 amide bonds. The van der Waals surface area contributed by atoms with Crippen LogP contribution in [0.2, 0.25) is 0 Å². The van der Waals surface area contributed by atoms with Gasteiger partial charge in [0.15, 0.2) is 0 Å². The van der Waals surface area contributed by atoms with E-state index in [0.717, 1.165) is 17.5 Å². The van der Waals surface area contributed by atoms with Crippen molar-refractivity contribution in [1.82, 2.24) is 9.88 Å². The maximum Gasteiger partial charge on any atom is 0.410 e. The summed E-state index contributed by atoms with van der Waals surface area (Å²) in [5.74, 6) is 1.01. The number of hydrogen-bond donors (Lipinski definition) is 0. The SMILES string of the molecule is CC(C)c1cccnc1OC1CCN(C(=O)OCc2ccccc2)C1. The van der Waals surface area contributed by atoms with Gasteiger partial charge in [-0.15, -0.1) is 0 Å². The van der Waals surface area contributed by atoms with Crippen molar-refractivity contribution < 1.29 is 14.3 Å². The predicted molar refractivity (Wildman–Crippen MR) is 95.6 cm³/mol. The quantitative estimate of drug-likeness (QED) is 0.826. The van der Waals surface area contributed by atoms with E-state index in [1.807, 2.05) is 42.5 Å². The first-order valence-corrected chi connectivity index (χ1v) is 8.70. The summed E-state index contributed by atoms with van der Waals surface area (Å²) >= 11 is 0. The molecule has 5 nitrogen and oxygen atoms in total. The number of amides is 1. The molecule has 0 saturated carbocycles. The third-order valence-corrected chi connectivity index (χ3v) is 4.31. The fraction of sp³-hybridized carbons (Fsp3) is 0.400. The normalized spacial score (nSPS) is 16.9. The number of benzene rings is 1. The summed E-state index contributed by atoms with van der Waals surface area (Å²) in [6.45, 7) is 5.70. The molecule has 0 bridgehead atoms. The van der Waals surface area contributed by atoms with Crippen LogP contribution in [0.4, 0.5) is 4.79 Å². The van der Waals surface area contributed by atoms with Crippen LogP contribution in [0.1, 0.15) is 37.3 Å². The maximum atomic E-state index is 12.2. The van der Waals surface area contributed by atoms with E-state index in [-0.39, 0.29) is 12.2 Å². The van der Waals surface area contributed by atoms with E-state index in [0.29, 0.717) is 31.5 Å². The number of carbonyl (C=O) groups excluding carboxylic acids is 1. The summed E-state index contributed by atoms with van der Waals surface area (Å²) in [4.78, 5) is 18.3. The van der Waals surface area contributed by atoms with Crippen LogP contribution in [0, 0.1) is 0 Å². The van der Waals surface area contributed by atoms with Crippen molar-refractivity contribution >= 4 is 6.09 Å². The van der Waals surface area contributed by atoms with Crippen LogP contribution in [0.5, 0.6) is 5.88 Å². The van der Waals surface area contributed by atoms with Gasteiger partial charge >= 0.3 is 6.09 Å². The third kappa shape index (κ3) is 4.50. The molecular formula is C20H24N2O3. The number of hydrogen-bond acceptors (Lipinski definition) is 4. The van der Waals surface area contributed by atoms with Crippen molar-refractivity contribution in [3.05, 3.63) is 59.8 Å². The fourth-order valence-corrected chi connectivity index (χ4v) is 2.90. The largest absolute Gasteiger partial charge is 0.472 e. The summed E-state index contributed by atoms with van der Waals surface area (Å²) < 4.78 is 11.4. The molecule has 5 heteroatoms. The molecule has 1 aromatic carbocycles. The first kappa shape index (κ1) is 17.3. The van der Waals surface area contributed by atoms with Crippen LogP contribution < -0.4 is 4.74 Å². The van der Waals surface area contributed by atoms with Gasteiger partial charge < -0.3 is 14.4 Å². The van der Waals surface area contributed by atoms with Gasteiger partial charge in [0.1, 0.15) is 12.7 Å². The number of carbonyl (C=O) groups is 1. The molecule has 0 spiro atoms. The maximum absolute atomic E-state index is 12.2. The lowest BCUT2D eigenvalue weighted by Gasteiger charge is -2.18. The lowest BCUT2D eigenvalue weighted by molar-refractivity contribution is 0.0987. The Morgan fingerprint density at radius 3 is 2.80 bits per heavy atom. The van der Waals surface area contributed by atoms with Crippen LogP contribution in [-0.4, -0.2) is 35.2 Å². The Morgan fingerprint density at radius 1 is 1.24 bits per heavy atom. The number of nitrogens with zero attached hydrogens (tertiary/aromatic N) is 2. The zero-order chi connectivity index (χ0) is 17.6. The topological polar surface area (TPSA) is 51.7 Å². The molecule has 1 aliphatic heterocycles. The molecule has 2 heterocycles. The van der Waals surface area contributed by atoms with Gasteiger partial charge in [-0.2, -0.15) is 0 Å². The predicted octanol–water partition coefficient (Wildman–Crippen LogP) is 3.99. The van der Waals surface area contributed by atoms with Crippen LogP contribution in [-0.2, 0) is 11.3 Å². The Labute approximate surface area is 148 Å². The van der Waals surface area contributed by atoms with E-state index in [1.54, 1.807) is 11.1 Å². The number of likely N-dealkylation sites (tertiary alicyclic amines) is 1. The minimum Gasteiger partial charge on any atom is -0.472 e. The van der Waals surface area contributed by atoms with E-state index in [1.165, 1.54) is 0 Å². The molecule has 1 atom stereocenters. The smallest absolute Gasteiger partial charge is 0.410 e. The fourth-order valence-electron chi connectivity index (χ4n) is 2.90. The first-order chi connectivity index (χ1) is 12.1. The second-order valence-electron chi connectivity index (χ2n) is 6.57. The van der Waals surface area contributed by atoms with Gasteiger partial charge in [-0.05, 0) is 17.5 Å². The van der Waals surface area contributed by atoms with E-state index in [9.17, 15) is 4.79 Å². The molecule has 25 heavy (non-hydrogen) atoms. The van der Waals surface area contributed by atoms with E-state index < -0.39 is 0 Å². The molecule has 3 rings (SSSR count). The molecule has 1 aliphatic rings. The summed E-state index contributed by atoms with van der Waals surface area (Å²) in [7, 11) is 0. The second kappa shape index (κ2) is 8.01. The van der Waals surface area contributed by atoms with E-state index in [4.69, 9.17) is 9.47 Å². The van der Waals surface area contributed by atoms with Crippen molar-refractivity contribution in [3.63, 3.8) is 0 Å². The van der Waals surface area contributed by atoms with E-state index in [2.05, 4.69) is 18.8 Å². The Morgan fingerprint density at radius 2 is 2.04 bits per heavy atom. The monoisotopic (exact) mass is 340 g/mol. The van der Waals surface area contributed by atoms with E-state index >= 15 is 0 Å². The number of pyridine rings is 1. The van der Waals surface area contributed by atoms with Gasteiger partial charge in [-0.3, -0.25) is 0 Å². The summed E-state index contributed by atoms with van der Waals surface area (Å²) in [6.07, 6.45) is 2.19.